The van der Waals surface area contributed by atoms with E-state index in [0.29, 0.717) is 12.1 Å². The van der Waals surface area contributed by atoms with Crippen LogP contribution in [0.4, 0.5) is 4.39 Å². The van der Waals surface area contributed by atoms with E-state index in [1.165, 1.54) is 6.07 Å². The molecule has 0 amide bonds. The van der Waals surface area contributed by atoms with E-state index in [1.807, 2.05) is 6.07 Å². The first kappa shape index (κ1) is 13.9. The fourth-order valence-corrected chi connectivity index (χ4v) is 1.79. The molecule has 0 radical (unpaired) electrons. The highest BCUT2D eigenvalue weighted by Gasteiger charge is 2.03. The molecular weight excluding hydrogens is 292 g/mol. The van der Waals surface area contributed by atoms with Crippen molar-refractivity contribution in [2.24, 2.45) is 0 Å². The van der Waals surface area contributed by atoms with Crippen LogP contribution in [-0.4, -0.2) is 11.9 Å². The first-order chi connectivity index (χ1) is 7.63. The zero-order valence-electron chi connectivity index (χ0n) is 9.27. The number of hydrogen-bond acceptors (Lipinski definition) is 1. The predicted molar refractivity (Wildman–Crippen MR) is 70.4 cm³/mol. The number of benzene rings is 1. The summed E-state index contributed by atoms with van der Waals surface area (Å²) in [5.41, 5.74) is 0.686. The van der Waals surface area contributed by atoms with Gasteiger partial charge in [-0.15, -0.1) is 11.6 Å². The normalized spacial score (nSPS) is 12.8. The number of alkyl halides is 1. The molecule has 1 atom stereocenters. The molecule has 1 unspecified atom stereocenters. The van der Waals surface area contributed by atoms with Crippen LogP contribution >= 0.6 is 27.5 Å². The van der Waals surface area contributed by atoms with E-state index in [4.69, 9.17) is 11.6 Å². The van der Waals surface area contributed by atoms with Crippen LogP contribution < -0.4 is 5.32 Å². The van der Waals surface area contributed by atoms with Gasteiger partial charge >= 0.3 is 0 Å². The van der Waals surface area contributed by atoms with E-state index in [2.05, 4.69) is 28.2 Å². The third-order valence-electron chi connectivity index (χ3n) is 2.41. The van der Waals surface area contributed by atoms with Gasteiger partial charge < -0.3 is 5.32 Å². The molecule has 16 heavy (non-hydrogen) atoms. The van der Waals surface area contributed by atoms with Gasteiger partial charge in [0.2, 0.25) is 0 Å². The second-order valence-electron chi connectivity index (χ2n) is 3.71. The van der Waals surface area contributed by atoms with Crippen molar-refractivity contribution in [3.8, 4) is 0 Å². The maximum absolute atomic E-state index is 13.4. The second-order valence-corrected chi connectivity index (χ2v) is 5.24. The van der Waals surface area contributed by atoms with E-state index >= 15 is 0 Å². The molecule has 4 heteroatoms. The average molecular weight is 309 g/mol. The lowest BCUT2D eigenvalue weighted by Gasteiger charge is -2.08. The van der Waals surface area contributed by atoms with Gasteiger partial charge in [-0.1, -0.05) is 28.9 Å². The Hall–Kier alpha value is -0.120. The number of nitrogens with one attached hydrogen (secondary N) is 1. The molecule has 1 nitrogen and oxygen atoms in total. The maximum atomic E-state index is 13.4. The van der Waals surface area contributed by atoms with E-state index in [-0.39, 0.29) is 11.2 Å². The zero-order valence-corrected chi connectivity index (χ0v) is 11.6. The largest absolute Gasteiger partial charge is 0.313 e. The zero-order chi connectivity index (χ0) is 12.0. The highest BCUT2D eigenvalue weighted by Crippen LogP contribution is 2.15. The lowest BCUT2D eigenvalue weighted by Crippen LogP contribution is -2.18. The molecule has 0 aliphatic rings. The van der Waals surface area contributed by atoms with Crippen LogP contribution in [0.2, 0.25) is 0 Å². The molecule has 0 fully saturated rings. The van der Waals surface area contributed by atoms with Gasteiger partial charge in [0, 0.05) is 22.0 Å². The summed E-state index contributed by atoms with van der Waals surface area (Å²) in [4.78, 5) is 0. The van der Waals surface area contributed by atoms with Crippen molar-refractivity contribution in [2.75, 3.05) is 6.54 Å². The van der Waals surface area contributed by atoms with Gasteiger partial charge in [0.25, 0.3) is 0 Å². The molecule has 1 aromatic rings. The van der Waals surface area contributed by atoms with E-state index in [1.54, 1.807) is 6.07 Å². The number of rotatable bonds is 6. The van der Waals surface area contributed by atoms with Gasteiger partial charge in [-0.05, 0) is 31.5 Å². The van der Waals surface area contributed by atoms with E-state index < -0.39 is 0 Å². The molecule has 0 spiro atoms. The molecule has 1 rings (SSSR count). The lowest BCUT2D eigenvalue weighted by atomic mass is 10.2. The summed E-state index contributed by atoms with van der Waals surface area (Å²) >= 11 is 9.21. The Morgan fingerprint density at radius 2 is 2.25 bits per heavy atom. The molecule has 0 saturated carbocycles. The summed E-state index contributed by atoms with van der Waals surface area (Å²) in [6, 6.07) is 5.11. The van der Waals surface area contributed by atoms with Gasteiger partial charge in [-0.25, -0.2) is 4.39 Å². The highest BCUT2D eigenvalue weighted by molar-refractivity contribution is 9.10. The number of halogens is 3. The third-order valence-corrected chi connectivity index (χ3v) is 3.43. The first-order valence-electron chi connectivity index (χ1n) is 5.42. The minimum atomic E-state index is -0.181. The Morgan fingerprint density at radius 1 is 1.50 bits per heavy atom. The van der Waals surface area contributed by atoms with Crippen LogP contribution in [0.3, 0.4) is 0 Å². The molecular formula is C12H16BrClFN. The van der Waals surface area contributed by atoms with E-state index in [0.717, 1.165) is 23.9 Å². The molecule has 1 N–H and O–H groups in total. The summed E-state index contributed by atoms with van der Waals surface area (Å²) in [7, 11) is 0. The van der Waals surface area contributed by atoms with Crippen LogP contribution in [0.5, 0.6) is 0 Å². The van der Waals surface area contributed by atoms with Crippen molar-refractivity contribution in [1.82, 2.24) is 5.32 Å². The number of hydrogen-bond donors (Lipinski definition) is 1. The molecule has 0 aliphatic heterocycles. The summed E-state index contributed by atoms with van der Waals surface area (Å²) in [6.45, 7) is 3.43. The van der Waals surface area contributed by atoms with Crippen molar-refractivity contribution < 1.29 is 4.39 Å². The smallest absolute Gasteiger partial charge is 0.128 e. The van der Waals surface area contributed by atoms with Crippen molar-refractivity contribution >= 4 is 27.5 Å². The van der Waals surface area contributed by atoms with Gasteiger partial charge in [-0.2, -0.15) is 0 Å². The molecule has 0 heterocycles. The minimum absolute atomic E-state index is 0.181. The SMILES string of the molecule is CCC(Cl)CCNCc1ccc(Br)cc1F. The van der Waals surface area contributed by atoms with Crippen molar-refractivity contribution in [3.63, 3.8) is 0 Å². The Morgan fingerprint density at radius 3 is 2.88 bits per heavy atom. The van der Waals surface area contributed by atoms with Crippen molar-refractivity contribution in [2.45, 2.75) is 31.7 Å². The maximum Gasteiger partial charge on any atom is 0.128 e. The fraction of sp³-hybridized carbons (Fsp3) is 0.500. The lowest BCUT2D eigenvalue weighted by molar-refractivity contribution is 0.575. The highest BCUT2D eigenvalue weighted by atomic mass is 79.9. The predicted octanol–water partition coefficient (Wildman–Crippen LogP) is 4.09. The molecule has 0 bridgehead atoms. The molecule has 90 valence electrons. The van der Waals surface area contributed by atoms with Gasteiger partial charge in [0.05, 0.1) is 0 Å². The Bertz CT molecular complexity index is 333. The monoisotopic (exact) mass is 307 g/mol. The summed E-state index contributed by atoms with van der Waals surface area (Å²) in [6.07, 6.45) is 1.88. The quantitative estimate of drug-likeness (QED) is 0.616. The Balaban J connectivity index is 2.32. The van der Waals surface area contributed by atoms with Crippen LogP contribution in [0.25, 0.3) is 0 Å². The summed E-state index contributed by atoms with van der Waals surface area (Å²) in [5, 5.41) is 3.40. The standard InChI is InChI=1S/C12H16BrClFN/c1-2-11(14)5-6-16-8-9-3-4-10(13)7-12(9)15/h3-4,7,11,16H,2,5-6,8H2,1H3. The van der Waals surface area contributed by atoms with E-state index in [9.17, 15) is 4.39 Å². The van der Waals surface area contributed by atoms with Crippen LogP contribution in [-0.2, 0) is 6.54 Å². The molecule has 0 aliphatic carbocycles. The van der Waals surface area contributed by atoms with Crippen LogP contribution in [0.1, 0.15) is 25.3 Å². The topological polar surface area (TPSA) is 12.0 Å². The molecule has 0 saturated heterocycles. The third kappa shape index (κ3) is 4.81. The Kier molecular flexibility index (Phi) is 6.32. The summed E-state index contributed by atoms with van der Waals surface area (Å²) in [5.74, 6) is -0.181. The van der Waals surface area contributed by atoms with Gasteiger partial charge in [0.1, 0.15) is 5.82 Å². The molecule has 1 aromatic carbocycles. The average Bonchev–Trinajstić information content (AvgIpc) is 2.26. The van der Waals surface area contributed by atoms with Gasteiger partial charge in [-0.3, -0.25) is 0 Å². The van der Waals surface area contributed by atoms with Crippen LogP contribution in [0.15, 0.2) is 22.7 Å². The molecule has 0 aromatic heterocycles. The van der Waals surface area contributed by atoms with Crippen molar-refractivity contribution in [1.29, 1.82) is 0 Å². The first-order valence-corrected chi connectivity index (χ1v) is 6.65. The van der Waals surface area contributed by atoms with Crippen molar-refractivity contribution in [3.05, 3.63) is 34.1 Å². The fourth-order valence-electron chi connectivity index (χ4n) is 1.35. The Labute approximate surface area is 110 Å². The van der Waals surface area contributed by atoms with Gasteiger partial charge in [0.15, 0.2) is 0 Å². The summed E-state index contributed by atoms with van der Waals surface area (Å²) < 4.78 is 14.2. The van der Waals surface area contributed by atoms with Crippen LogP contribution in [0, 0.1) is 5.82 Å². The second kappa shape index (κ2) is 7.25. The minimum Gasteiger partial charge on any atom is -0.313 e.